The minimum absolute atomic E-state index is 0.0805. The summed E-state index contributed by atoms with van der Waals surface area (Å²) >= 11 is 0. The molecule has 0 saturated heterocycles. The van der Waals surface area contributed by atoms with E-state index in [9.17, 15) is 13.2 Å². The number of hydrogen-bond acceptors (Lipinski definition) is 5. The van der Waals surface area contributed by atoms with Gasteiger partial charge in [-0.15, -0.1) is 0 Å². The largest absolute Gasteiger partial charge is 0.481 e. The fourth-order valence-corrected chi connectivity index (χ4v) is 2.57. The van der Waals surface area contributed by atoms with Gasteiger partial charge in [0.1, 0.15) is 4.90 Å². The van der Waals surface area contributed by atoms with E-state index in [4.69, 9.17) is 19.4 Å². The molecular formula is C13H18O7S. The number of aryl methyl sites for hydroxylation is 1. The molecule has 0 spiro atoms. The minimum Gasteiger partial charge on any atom is -0.481 e. The molecule has 2 N–H and O–H groups in total. The zero-order valence-electron chi connectivity index (χ0n) is 11.6. The Bertz CT molecular complexity index is 580. The van der Waals surface area contributed by atoms with Crippen LogP contribution in [0.4, 0.5) is 0 Å². The lowest BCUT2D eigenvalue weighted by atomic mass is 10.2. The molecule has 7 nitrogen and oxygen atoms in total. The molecule has 0 fully saturated rings. The highest BCUT2D eigenvalue weighted by Crippen LogP contribution is 2.27. The number of carboxylic acids is 1. The van der Waals surface area contributed by atoms with Crippen molar-refractivity contribution in [1.82, 2.24) is 0 Å². The van der Waals surface area contributed by atoms with E-state index in [0.29, 0.717) is 24.8 Å². The van der Waals surface area contributed by atoms with Crippen LogP contribution in [-0.2, 0) is 19.8 Å². The van der Waals surface area contributed by atoms with Gasteiger partial charge in [0.2, 0.25) is 0 Å². The van der Waals surface area contributed by atoms with Crippen LogP contribution in [0.15, 0.2) is 23.1 Å². The standard InChI is InChI=1S/C13H18O7S/c1-10-6-5-7-11(13(10)21(16,17)18)20-19-9-4-2-3-8-12(14)15/h5-7H,2-4,8-9H2,1H3,(H,14,15)(H,16,17,18). The molecule has 21 heavy (non-hydrogen) atoms. The topological polar surface area (TPSA) is 110 Å². The van der Waals surface area contributed by atoms with Crippen molar-refractivity contribution in [2.45, 2.75) is 37.5 Å². The quantitative estimate of drug-likeness (QED) is 0.311. The van der Waals surface area contributed by atoms with Crippen molar-refractivity contribution in [3.63, 3.8) is 0 Å². The molecule has 118 valence electrons. The molecule has 0 saturated carbocycles. The summed E-state index contributed by atoms with van der Waals surface area (Å²) in [6, 6.07) is 4.48. The maximum Gasteiger partial charge on any atom is 0.303 e. The normalized spacial score (nSPS) is 11.3. The molecule has 1 aromatic carbocycles. The average molecular weight is 318 g/mol. The third kappa shape index (κ3) is 6.11. The predicted molar refractivity (Wildman–Crippen MR) is 73.7 cm³/mol. The van der Waals surface area contributed by atoms with Gasteiger partial charge in [0.15, 0.2) is 5.75 Å². The smallest absolute Gasteiger partial charge is 0.303 e. The second kappa shape index (κ2) is 7.96. The van der Waals surface area contributed by atoms with E-state index < -0.39 is 16.1 Å². The molecule has 0 amide bonds. The van der Waals surface area contributed by atoms with Gasteiger partial charge in [-0.25, -0.2) is 0 Å². The van der Waals surface area contributed by atoms with E-state index in [1.807, 2.05) is 0 Å². The van der Waals surface area contributed by atoms with Crippen LogP contribution in [0, 0.1) is 6.92 Å². The highest BCUT2D eigenvalue weighted by atomic mass is 32.2. The summed E-state index contributed by atoms with van der Waals surface area (Å²) in [7, 11) is -4.40. The molecule has 0 bridgehead atoms. The van der Waals surface area contributed by atoms with E-state index in [1.165, 1.54) is 19.1 Å². The molecule has 0 unspecified atom stereocenters. The Balaban J connectivity index is 2.46. The number of carboxylic acid groups (broad SMARTS) is 1. The van der Waals surface area contributed by atoms with Gasteiger partial charge in [0.05, 0.1) is 6.61 Å². The van der Waals surface area contributed by atoms with Crippen molar-refractivity contribution in [1.29, 1.82) is 0 Å². The lowest BCUT2D eigenvalue weighted by Gasteiger charge is -2.10. The van der Waals surface area contributed by atoms with Gasteiger partial charge in [-0.2, -0.15) is 13.3 Å². The average Bonchev–Trinajstić information content (AvgIpc) is 2.35. The van der Waals surface area contributed by atoms with Crippen molar-refractivity contribution in [2.75, 3.05) is 6.61 Å². The van der Waals surface area contributed by atoms with Gasteiger partial charge in [-0.1, -0.05) is 18.6 Å². The van der Waals surface area contributed by atoms with Crippen molar-refractivity contribution in [3.8, 4) is 5.75 Å². The van der Waals surface area contributed by atoms with E-state index in [1.54, 1.807) is 6.07 Å². The van der Waals surface area contributed by atoms with Crippen LogP contribution < -0.4 is 4.89 Å². The Morgan fingerprint density at radius 3 is 2.57 bits per heavy atom. The molecule has 0 heterocycles. The van der Waals surface area contributed by atoms with Crippen molar-refractivity contribution >= 4 is 16.1 Å². The van der Waals surface area contributed by atoms with E-state index in [0.717, 1.165) is 0 Å². The predicted octanol–water partition coefficient (Wildman–Crippen LogP) is 2.20. The molecule has 0 radical (unpaired) electrons. The Hall–Kier alpha value is -1.64. The van der Waals surface area contributed by atoms with Crippen LogP contribution in [-0.4, -0.2) is 30.7 Å². The van der Waals surface area contributed by atoms with Gasteiger partial charge in [0.25, 0.3) is 10.1 Å². The highest BCUT2D eigenvalue weighted by molar-refractivity contribution is 7.86. The summed E-state index contributed by atoms with van der Waals surface area (Å²) in [5.74, 6) is -0.923. The second-order valence-electron chi connectivity index (χ2n) is 4.49. The van der Waals surface area contributed by atoms with Gasteiger partial charge in [-0.05, 0) is 31.4 Å². The van der Waals surface area contributed by atoms with Crippen molar-refractivity contribution in [2.24, 2.45) is 0 Å². The summed E-state index contributed by atoms with van der Waals surface area (Å²) in [6.07, 6.45) is 1.89. The Labute approximate surface area is 123 Å². The van der Waals surface area contributed by atoms with Crippen LogP contribution in [0.2, 0.25) is 0 Å². The van der Waals surface area contributed by atoms with Crippen LogP contribution in [0.1, 0.15) is 31.2 Å². The first kappa shape index (κ1) is 17.4. The molecule has 0 aliphatic carbocycles. The van der Waals surface area contributed by atoms with E-state index in [2.05, 4.69) is 0 Å². The summed E-state index contributed by atoms with van der Waals surface area (Å²) in [5, 5.41) is 8.46. The van der Waals surface area contributed by atoms with Gasteiger partial charge < -0.3 is 9.99 Å². The lowest BCUT2D eigenvalue weighted by Crippen LogP contribution is -2.07. The number of carbonyl (C=O) groups is 1. The molecule has 8 heteroatoms. The molecule has 0 aliphatic heterocycles. The van der Waals surface area contributed by atoms with Gasteiger partial charge >= 0.3 is 5.97 Å². The first-order valence-corrected chi connectivity index (χ1v) is 7.84. The fourth-order valence-electron chi connectivity index (χ4n) is 1.74. The van der Waals surface area contributed by atoms with Crippen LogP contribution in [0.5, 0.6) is 5.75 Å². The summed E-state index contributed by atoms with van der Waals surface area (Å²) in [5.41, 5.74) is 0.347. The maximum atomic E-state index is 11.3. The minimum atomic E-state index is -4.40. The number of rotatable bonds is 9. The molecule has 0 aromatic heterocycles. The number of aliphatic carboxylic acids is 1. The lowest BCUT2D eigenvalue weighted by molar-refractivity contribution is -0.209. The SMILES string of the molecule is Cc1cccc(OOCCCCCC(=O)O)c1S(=O)(=O)O. The third-order valence-electron chi connectivity index (χ3n) is 2.70. The van der Waals surface area contributed by atoms with Crippen LogP contribution >= 0.6 is 0 Å². The first-order chi connectivity index (χ1) is 9.82. The van der Waals surface area contributed by atoms with Crippen LogP contribution in [0.3, 0.4) is 0 Å². The molecule has 1 aromatic rings. The fraction of sp³-hybridized carbons (Fsp3) is 0.462. The monoisotopic (exact) mass is 318 g/mol. The number of unbranched alkanes of at least 4 members (excludes halogenated alkanes) is 2. The van der Waals surface area contributed by atoms with Crippen molar-refractivity contribution in [3.05, 3.63) is 23.8 Å². The number of benzene rings is 1. The Morgan fingerprint density at radius 2 is 1.95 bits per heavy atom. The van der Waals surface area contributed by atoms with Gasteiger partial charge in [-0.3, -0.25) is 9.35 Å². The molecule has 0 atom stereocenters. The Morgan fingerprint density at radius 1 is 1.24 bits per heavy atom. The third-order valence-corrected chi connectivity index (χ3v) is 3.74. The highest BCUT2D eigenvalue weighted by Gasteiger charge is 2.20. The first-order valence-electron chi connectivity index (χ1n) is 6.40. The van der Waals surface area contributed by atoms with Gasteiger partial charge in [0, 0.05) is 6.42 Å². The summed E-state index contributed by atoms with van der Waals surface area (Å²) < 4.78 is 31.7. The summed E-state index contributed by atoms with van der Waals surface area (Å²) in [6.45, 7) is 1.72. The molecular weight excluding hydrogens is 300 g/mol. The van der Waals surface area contributed by atoms with E-state index in [-0.39, 0.29) is 23.7 Å². The second-order valence-corrected chi connectivity index (χ2v) is 5.85. The Kier molecular flexibility index (Phi) is 6.60. The number of hydrogen-bond donors (Lipinski definition) is 2. The molecule has 1 rings (SSSR count). The van der Waals surface area contributed by atoms with Crippen molar-refractivity contribution < 1.29 is 32.6 Å². The maximum absolute atomic E-state index is 11.3. The van der Waals surface area contributed by atoms with E-state index >= 15 is 0 Å². The summed E-state index contributed by atoms with van der Waals surface area (Å²) in [4.78, 5) is 19.8. The molecule has 0 aliphatic rings. The zero-order valence-corrected chi connectivity index (χ0v) is 12.4. The van der Waals surface area contributed by atoms with Crippen LogP contribution in [0.25, 0.3) is 0 Å². The zero-order chi connectivity index (χ0) is 15.9.